The molecule has 8 heteroatoms. The van der Waals surface area contributed by atoms with E-state index in [4.69, 9.17) is 0 Å². The Morgan fingerprint density at radius 3 is 2.75 bits per heavy atom. The summed E-state index contributed by atoms with van der Waals surface area (Å²) in [5, 5.41) is 0. The van der Waals surface area contributed by atoms with E-state index in [0.29, 0.717) is 22.9 Å². The predicted octanol–water partition coefficient (Wildman–Crippen LogP) is 2.71. The van der Waals surface area contributed by atoms with Gasteiger partial charge in [-0.1, -0.05) is 38.2 Å². The van der Waals surface area contributed by atoms with Crippen LogP contribution in [0.2, 0.25) is 0 Å². The van der Waals surface area contributed by atoms with Crippen LogP contribution in [0.3, 0.4) is 0 Å². The summed E-state index contributed by atoms with van der Waals surface area (Å²) in [6.45, 7) is 0. The molecule has 0 spiro atoms. The lowest BCUT2D eigenvalue weighted by Crippen LogP contribution is -2.32. The number of fused-ring (bicyclic) bond motifs is 1. The number of nitrogens with one attached hydrogen (secondary N) is 1. The molecule has 0 saturated heterocycles. The van der Waals surface area contributed by atoms with Crippen LogP contribution in [0.15, 0.2) is 23.1 Å². The average Bonchev–Trinajstić information content (AvgIpc) is 3.24. The van der Waals surface area contributed by atoms with Gasteiger partial charge in [-0.3, -0.25) is 4.79 Å². The van der Waals surface area contributed by atoms with Gasteiger partial charge >= 0.3 is 0 Å². The first kappa shape index (κ1) is 16.0. The summed E-state index contributed by atoms with van der Waals surface area (Å²) < 4.78 is 35.5. The minimum Gasteiger partial charge on any atom is -0.274 e. The second-order valence-electron chi connectivity index (χ2n) is 6.76. The topological polar surface area (TPSA) is 89.0 Å². The van der Waals surface area contributed by atoms with Gasteiger partial charge in [-0.25, -0.2) is 13.1 Å². The lowest BCUT2D eigenvalue weighted by atomic mass is 9.85. The maximum atomic E-state index is 12.6. The molecule has 128 valence electrons. The Labute approximate surface area is 145 Å². The summed E-state index contributed by atoms with van der Waals surface area (Å²) in [6, 6.07) is 4.79. The Morgan fingerprint density at radius 2 is 1.96 bits per heavy atom. The van der Waals surface area contributed by atoms with Crippen molar-refractivity contribution >= 4 is 38.7 Å². The standard InChI is InChI=1S/C16H19N3O3S2/c20-16(12-9-11(12)10-5-2-1-3-6-10)19-24(21,22)14-8-4-7-13-15(14)18-23-17-13/h4,7-8,10-12H,1-3,5-6,9H2,(H,19,20)/t11-,12+/m1/s1. The van der Waals surface area contributed by atoms with Gasteiger partial charge in [0.1, 0.15) is 15.9 Å². The van der Waals surface area contributed by atoms with Crippen LogP contribution in [-0.2, 0) is 14.8 Å². The Balaban J connectivity index is 1.48. The van der Waals surface area contributed by atoms with Gasteiger partial charge in [0.15, 0.2) is 0 Å². The van der Waals surface area contributed by atoms with Crippen molar-refractivity contribution in [3.8, 4) is 0 Å². The molecule has 2 saturated carbocycles. The molecule has 2 aliphatic carbocycles. The van der Waals surface area contributed by atoms with Crippen LogP contribution in [0.5, 0.6) is 0 Å². The number of sulfonamides is 1. The molecule has 1 aromatic carbocycles. The Kier molecular flexibility index (Phi) is 4.04. The number of rotatable bonds is 4. The van der Waals surface area contributed by atoms with Gasteiger partial charge in [0.05, 0.1) is 11.7 Å². The van der Waals surface area contributed by atoms with E-state index in [9.17, 15) is 13.2 Å². The molecule has 2 fully saturated rings. The fourth-order valence-electron chi connectivity index (χ4n) is 3.86. The lowest BCUT2D eigenvalue weighted by Gasteiger charge is -2.21. The molecule has 0 unspecified atom stereocenters. The number of benzene rings is 1. The molecule has 0 aliphatic heterocycles. The molecule has 0 radical (unpaired) electrons. The van der Waals surface area contributed by atoms with Crippen LogP contribution in [0.25, 0.3) is 11.0 Å². The summed E-state index contributed by atoms with van der Waals surface area (Å²) >= 11 is 0.963. The maximum Gasteiger partial charge on any atom is 0.266 e. The first-order valence-electron chi connectivity index (χ1n) is 8.34. The predicted molar refractivity (Wildman–Crippen MR) is 90.9 cm³/mol. The van der Waals surface area contributed by atoms with E-state index in [-0.39, 0.29) is 16.7 Å². The number of nitrogens with zero attached hydrogens (tertiary/aromatic N) is 2. The second-order valence-corrected chi connectivity index (χ2v) is 8.94. The van der Waals surface area contributed by atoms with Gasteiger partial charge in [0.25, 0.3) is 10.0 Å². The van der Waals surface area contributed by atoms with Gasteiger partial charge in [0, 0.05) is 5.92 Å². The van der Waals surface area contributed by atoms with Gasteiger partial charge in [0.2, 0.25) is 5.91 Å². The van der Waals surface area contributed by atoms with E-state index in [1.54, 1.807) is 12.1 Å². The van der Waals surface area contributed by atoms with Crippen molar-refractivity contribution in [3.63, 3.8) is 0 Å². The molecule has 1 amide bonds. The number of aromatic nitrogens is 2. The number of carbonyl (C=O) groups excluding carboxylic acids is 1. The Morgan fingerprint density at radius 1 is 1.17 bits per heavy atom. The molecular formula is C16H19N3O3S2. The van der Waals surface area contributed by atoms with Crippen LogP contribution in [0.4, 0.5) is 0 Å². The van der Waals surface area contributed by atoms with Crippen molar-refractivity contribution < 1.29 is 13.2 Å². The fourth-order valence-corrected chi connectivity index (χ4v) is 5.66. The minimum atomic E-state index is -3.91. The zero-order valence-corrected chi connectivity index (χ0v) is 14.8. The van der Waals surface area contributed by atoms with Crippen LogP contribution < -0.4 is 4.72 Å². The van der Waals surface area contributed by atoms with E-state index in [1.165, 1.54) is 38.2 Å². The molecule has 2 aliphatic rings. The van der Waals surface area contributed by atoms with Gasteiger partial charge in [-0.2, -0.15) is 8.75 Å². The highest BCUT2D eigenvalue weighted by Crippen LogP contribution is 2.49. The van der Waals surface area contributed by atoms with Crippen molar-refractivity contribution in [2.45, 2.75) is 43.4 Å². The molecule has 2 aromatic rings. The van der Waals surface area contributed by atoms with Crippen LogP contribution in [0, 0.1) is 17.8 Å². The van der Waals surface area contributed by atoms with E-state index in [2.05, 4.69) is 13.5 Å². The highest BCUT2D eigenvalue weighted by Gasteiger charge is 2.48. The van der Waals surface area contributed by atoms with Gasteiger partial charge < -0.3 is 0 Å². The molecule has 0 bridgehead atoms. The quantitative estimate of drug-likeness (QED) is 0.900. The summed E-state index contributed by atoms with van der Waals surface area (Å²) in [4.78, 5) is 12.4. The fraction of sp³-hybridized carbons (Fsp3) is 0.562. The summed E-state index contributed by atoms with van der Waals surface area (Å²) in [5.41, 5.74) is 0.851. The zero-order valence-electron chi connectivity index (χ0n) is 13.1. The smallest absolute Gasteiger partial charge is 0.266 e. The molecule has 4 rings (SSSR count). The van der Waals surface area contributed by atoms with Crippen LogP contribution in [-0.4, -0.2) is 23.1 Å². The van der Waals surface area contributed by atoms with Crippen molar-refractivity contribution in [1.29, 1.82) is 0 Å². The largest absolute Gasteiger partial charge is 0.274 e. The van der Waals surface area contributed by atoms with Crippen molar-refractivity contribution in [1.82, 2.24) is 13.5 Å². The molecule has 1 aromatic heterocycles. The van der Waals surface area contributed by atoms with Crippen LogP contribution >= 0.6 is 11.7 Å². The second kappa shape index (κ2) is 6.07. The SMILES string of the molecule is O=C(NS(=O)(=O)c1cccc2nsnc12)[C@H]1C[C@@H]1C1CCCCC1. The van der Waals surface area contributed by atoms with Crippen molar-refractivity contribution in [2.75, 3.05) is 0 Å². The lowest BCUT2D eigenvalue weighted by molar-refractivity contribution is -0.121. The van der Waals surface area contributed by atoms with Crippen LogP contribution in [0.1, 0.15) is 38.5 Å². The monoisotopic (exact) mass is 365 g/mol. The number of amides is 1. The van der Waals surface area contributed by atoms with E-state index in [0.717, 1.165) is 18.1 Å². The molecule has 6 nitrogen and oxygen atoms in total. The van der Waals surface area contributed by atoms with Crippen molar-refractivity contribution in [3.05, 3.63) is 18.2 Å². The normalized spacial score (nSPS) is 24.8. The first-order chi connectivity index (χ1) is 11.6. The minimum absolute atomic E-state index is 0.0250. The number of hydrogen-bond acceptors (Lipinski definition) is 6. The van der Waals surface area contributed by atoms with E-state index >= 15 is 0 Å². The van der Waals surface area contributed by atoms with E-state index in [1.807, 2.05) is 0 Å². The number of hydrogen-bond donors (Lipinski definition) is 1. The van der Waals surface area contributed by atoms with Crippen molar-refractivity contribution in [2.24, 2.45) is 17.8 Å². The highest BCUT2D eigenvalue weighted by atomic mass is 32.2. The first-order valence-corrected chi connectivity index (χ1v) is 10.6. The number of carbonyl (C=O) groups is 1. The summed E-state index contributed by atoms with van der Waals surface area (Å²) in [6.07, 6.45) is 6.89. The highest BCUT2D eigenvalue weighted by molar-refractivity contribution is 7.90. The summed E-state index contributed by atoms with van der Waals surface area (Å²) in [5.74, 6) is 0.419. The average molecular weight is 365 g/mol. The molecule has 1 N–H and O–H groups in total. The summed E-state index contributed by atoms with van der Waals surface area (Å²) in [7, 11) is -3.91. The third-order valence-electron chi connectivity index (χ3n) is 5.21. The van der Waals surface area contributed by atoms with Gasteiger partial charge in [-0.15, -0.1) is 0 Å². The molecular weight excluding hydrogens is 346 g/mol. The third kappa shape index (κ3) is 2.93. The Hall–Kier alpha value is -1.54. The molecule has 1 heterocycles. The molecule has 24 heavy (non-hydrogen) atoms. The Bertz CT molecular complexity index is 872. The molecule has 2 atom stereocenters. The van der Waals surface area contributed by atoms with Gasteiger partial charge in [-0.05, 0) is 30.4 Å². The zero-order chi connectivity index (χ0) is 16.7. The maximum absolute atomic E-state index is 12.6. The third-order valence-corrected chi connectivity index (χ3v) is 7.13. The van der Waals surface area contributed by atoms with E-state index < -0.39 is 10.0 Å².